The average Bonchev–Trinajstić information content (AvgIpc) is 2.15. The minimum absolute atomic E-state index is 0.468. The molecule has 3 nitrogen and oxygen atoms in total. The summed E-state index contributed by atoms with van der Waals surface area (Å²) in [6.07, 6.45) is -0.971. The summed E-state index contributed by atoms with van der Waals surface area (Å²) < 4.78 is 1.05. The number of carboxylic acid groups (broad SMARTS) is 1. The van der Waals surface area contributed by atoms with E-state index in [1.807, 2.05) is 24.3 Å². The Hall–Kier alpha value is -0.680. The van der Waals surface area contributed by atoms with E-state index < -0.39 is 6.09 Å². The first kappa shape index (κ1) is 11.4. The maximum absolute atomic E-state index is 10.1. The Balaban J connectivity index is 2.25. The molecule has 0 aliphatic carbocycles. The molecule has 1 aromatic carbocycles. The van der Waals surface area contributed by atoms with Crippen molar-refractivity contribution in [2.24, 2.45) is 0 Å². The van der Waals surface area contributed by atoms with Crippen LogP contribution in [0.5, 0.6) is 0 Å². The van der Waals surface area contributed by atoms with Gasteiger partial charge in [-0.3, -0.25) is 0 Å². The van der Waals surface area contributed by atoms with Crippen LogP contribution in [0.2, 0.25) is 0 Å². The third-order valence-electron chi connectivity index (χ3n) is 1.46. The predicted molar refractivity (Wildman–Crippen MR) is 60.9 cm³/mol. The highest BCUT2D eigenvalue weighted by Crippen LogP contribution is 2.19. The number of hydrogen-bond donors (Lipinski definition) is 2. The van der Waals surface area contributed by atoms with Crippen LogP contribution in [0.1, 0.15) is 0 Å². The number of nitrogens with one attached hydrogen (secondary N) is 1. The summed E-state index contributed by atoms with van der Waals surface area (Å²) in [4.78, 5) is 11.3. The van der Waals surface area contributed by atoms with Gasteiger partial charge in [0.05, 0.1) is 0 Å². The van der Waals surface area contributed by atoms with Gasteiger partial charge in [-0.25, -0.2) is 4.79 Å². The molecule has 0 aliphatic heterocycles. The van der Waals surface area contributed by atoms with Crippen LogP contribution in [-0.2, 0) is 0 Å². The van der Waals surface area contributed by atoms with Gasteiger partial charge in [0.15, 0.2) is 0 Å². The summed E-state index contributed by atoms with van der Waals surface area (Å²) in [7, 11) is 0. The number of hydrogen-bond acceptors (Lipinski definition) is 2. The lowest BCUT2D eigenvalue weighted by Crippen LogP contribution is -2.23. The molecule has 0 bridgehead atoms. The highest BCUT2D eigenvalue weighted by molar-refractivity contribution is 9.10. The van der Waals surface area contributed by atoms with E-state index >= 15 is 0 Å². The first-order valence-corrected chi connectivity index (χ1v) is 5.81. The van der Waals surface area contributed by atoms with Crippen LogP contribution in [0.4, 0.5) is 4.79 Å². The van der Waals surface area contributed by atoms with E-state index in [1.54, 1.807) is 11.8 Å². The molecule has 0 atom stereocenters. The number of amides is 1. The molecule has 0 fully saturated rings. The topological polar surface area (TPSA) is 49.3 Å². The average molecular weight is 276 g/mol. The number of carbonyl (C=O) groups is 1. The molecule has 0 saturated carbocycles. The molecule has 0 radical (unpaired) electrons. The van der Waals surface area contributed by atoms with Crippen molar-refractivity contribution in [1.82, 2.24) is 5.32 Å². The zero-order valence-electron chi connectivity index (χ0n) is 7.37. The molecule has 1 aromatic rings. The summed E-state index contributed by atoms with van der Waals surface area (Å²) in [6, 6.07) is 7.92. The normalized spacial score (nSPS) is 9.79. The number of thioether (sulfide) groups is 1. The maximum Gasteiger partial charge on any atom is 0.404 e. The molecule has 14 heavy (non-hydrogen) atoms. The largest absolute Gasteiger partial charge is 0.465 e. The van der Waals surface area contributed by atoms with Crippen molar-refractivity contribution >= 4 is 33.8 Å². The first-order valence-electron chi connectivity index (χ1n) is 4.03. The van der Waals surface area contributed by atoms with Crippen LogP contribution < -0.4 is 5.32 Å². The van der Waals surface area contributed by atoms with E-state index in [-0.39, 0.29) is 0 Å². The molecule has 5 heteroatoms. The van der Waals surface area contributed by atoms with Crippen molar-refractivity contribution in [3.63, 3.8) is 0 Å². The number of halogens is 1. The van der Waals surface area contributed by atoms with E-state index in [9.17, 15) is 4.79 Å². The fraction of sp³-hybridized carbons (Fsp3) is 0.222. The van der Waals surface area contributed by atoms with Crippen LogP contribution in [0, 0.1) is 0 Å². The van der Waals surface area contributed by atoms with Gasteiger partial charge in [0.2, 0.25) is 0 Å². The number of rotatable bonds is 4. The fourth-order valence-corrected chi connectivity index (χ4v) is 1.89. The smallest absolute Gasteiger partial charge is 0.404 e. The molecule has 0 aromatic heterocycles. The molecule has 0 heterocycles. The van der Waals surface area contributed by atoms with Gasteiger partial charge in [0.25, 0.3) is 0 Å². The molecule has 0 spiro atoms. The summed E-state index contributed by atoms with van der Waals surface area (Å²) in [6.45, 7) is 0.468. The molecule has 0 aliphatic rings. The Labute approximate surface area is 95.0 Å². The van der Waals surface area contributed by atoms with Gasteiger partial charge in [-0.2, -0.15) is 0 Å². The summed E-state index contributed by atoms with van der Waals surface area (Å²) in [5.41, 5.74) is 0. The maximum atomic E-state index is 10.1. The van der Waals surface area contributed by atoms with E-state index in [0.717, 1.165) is 15.1 Å². The highest BCUT2D eigenvalue weighted by Gasteiger charge is 1.95. The Kier molecular flexibility index (Phi) is 4.82. The lowest BCUT2D eigenvalue weighted by atomic mass is 10.4. The Bertz CT molecular complexity index is 302. The van der Waals surface area contributed by atoms with Gasteiger partial charge in [-0.1, -0.05) is 15.9 Å². The quantitative estimate of drug-likeness (QED) is 0.656. The summed E-state index contributed by atoms with van der Waals surface area (Å²) >= 11 is 4.97. The van der Waals surface area contributed by atoms with Crippen molar-refractivity contribution in [1.29, 1.82) is 0 Å². The fourth-order valence-electron chi connectivity index (χ4n) is 0.858. The Morgan fingerprint density at radius 2 is 2.07 bits per heavy atom. The minimum atomic E-state index is -0.971. The second-order valence-corrected chi connectivity index (χ2v) is 4.62. The predicted octanol–water partition coefficient (Wildman–Crippen LogP) is 2.81. The van der Waals surface area contributed by atoms with Crippen molar-refractivity contribution in [3.8, 4) is 0 Å². The van der Waals surface area contributed by atoms with Gasteiger partial charge in [0, 0.05) is 21.7 Å². The van der Waals surface area contributed by atoms with Gasteiger partial charge in [-0.15, -0.1) is 11.8 Å². The van der Waals surface area contributed by atoms with Crippen LogP contribution in [-0.4, -0.2) is 23.5 Å². The molecule has 0 unspecified atom stereocenters. The zero-order chi connectivity index (χ0) is 10.4. The highest BCUT2D eigenvalue weighted by atomic mass is 79.9. The van der Waals surface area contributed by atoms with Crippen molar-refractivity contribution in [3.05, 3.63) is 28.7 Å². The van der Waals surface area contributed by atoms with E-state index in [2.05, 4.69) is 21.2 Å². The lowest BCUT2D eigenvalue weighted by molar-refractivity contribution is 0.195. The molecule has 2 N–H and O–H groups in total. The van der Waals surface area contributed by atoms with Gasteiger partial charge in [-0.05, 0) is 24.3 Å². The van der Waals surface area contributed by atoms with Gasteiger partial charge >= 0.3 is 6.09 Å². The monoisotopic (exact) mass is 275 g/mol. The second kappa shape index (κ2) is 5.93. The third-order valence-corrected chi connectivity index (χ3v) is 3.00. The SMILES string of the molecule is O=C(O)NCCSc1ccc(Br)cc1. The molecule has 0 saturated heterocycles. The van der Waals surface area contributed by atoms with Crippen molar-refractivity contribution in [2.75, 3.05) is 12.3 Å². The van der Waals surface area contributed by atoms with Crippen molar-refractivity contribution < 1.29 is 9.90 Å². The molecule has 76 valence electrons. The van der Waals surface area contributed by atoms with Crippen LogP contribution in [0.3, 0.4) is 0 Å². The van der Waals surface area contributed by atoms with E-state index in [4.69, 9.17) is 5.11 Å². The standard InChI is InChI=1S/C9H10BrNO2S/c10-7-1-3-8(4-2-7)14-6-5-11-9(12)13/h1-4,11H,5-6H2,(H,12,13). The van der Waals surface area contributed by atoms with E-state index in [1.165, 1.54) is 0 Å². The molecular weight excluding hydrogens is 266 g/mol. The number of benzene rings is 1. The summed E-state index contributed by atoms with van der Waals surface area (Å²) in [5.74, 6) is 0.744. The lowest BCUT2D eigenvalue weighted by Gasteiger charge is -2.01. The van der Waals surface area contributed by atoms with E-state index in [0.29, 0.717) is 6.54 Å². The van der Waals surface area contributed by atoms with Crippen LogP contribution in [0.25, 0.3) is 0 Å². The molecular formula is C9H10BrNO2S. The zero-order valence-corrected chi connectivity index (χ0v) is 9.77. The van der Waals surface area contributed by atoms with Crippen molar-refractivity contribution in [2.45, 2.75) is 4.90 Å². The summed E-state index contributed by atoms with van der Waals surface area (Å²) in [5, 5.41) is 10.6. The van der Waals surface area contributed by atoms with Gasteiger partial charge < -0.3 is 10.4 Å². The molecule has 1 rings (SSSR count). The second-order valence-electron chi connectivity index (χ2n) is 2.53. The van der Waals surface area contributed by atoms with Crippen LogP contribution in [0.15, 0.2) is 33.6 Å². The third kappa shape index (κ3) is 4.53. The first-order chi connectivity index (χ1) is 6.68. The van der Waals surface area contributed by atoms with Gasteiger partial charge in [0.1, 0.15) is 0 Å². The van der Waals surface area contributed by atoms with Crippen LogP contribution >= 0.6 is 27.7 Å². The Morgan fingerprint density at radius 1 is 1.43 bits per heavy atom. The minimum Gasteiger partial charge on any atom is -0.465 e. The Morgan fingerprint density at radius 3 is 2.64 bits per heavy atom. The molecule has 1 amide bonds.